The number of hydrogen-bond acceptors (Lipinski definition) is 3. The van der Waals surface area contributed by atoms with Crippen LogP contribution in [0.1, 0.15) is 71.1 Å². The lowest BCUT2D eigenvalue weighted by atomic mass is 9.67. The van der Waals surface area contributed by atoms with E-state index in [0.717, 1.165) is 45.1 Å². The molecule has 1 aliphatic heterocycles. The largest absolute Gasteiger partial charge is 0.351 e. The molecule has 1 saturated heterocycles. The molecule has 0 aromatic heterocycles. The highest BCUT2D eigenvalue weighted by Crippen LogP contribution is 2.39. The normalized spacial score (nSPS) is 34.8. The molecule has 144 valence electrons. The van der Waals surface area contributed by atoms with Crippen LogP contribution in [0.2, 0.25) is 0 Å². The Morgan fingerprint density at radius 1 is 1.08 bits per heavy atom. The van der Waals surface area contributed by atoms with Gasteiger partial charge in [-0.05, 0) is 63.2 Å². The van der Waals surface area contributed by atoms with E-state index < -0.39 is 0 Å². The number of likely N-dealkylation sites (tertiary alicyclic amines) is 1. The van der Waals surface area contributed by atoms with Gasteiger partial charge in [0.2, 0.25) is 11.8 Å². The van der Waals surface area contributed by atoms with Crippen molar-refractivity contribution in [1.82, 2.24) is 10.2 Å². The molecule has 6 heteroatoms. The maximum atomic E-state index is 13.0. The first kappa shape index (κ1) is 20.5. The first-order chi connectivity index (χ1) is 11.6. The second kappa shape index (κ2) is 9.22. The van der Waals surface area contributed by atoms with E-state index in [1.807, 2.05) is 11.8 Å². The van der Waals surface area contributed by atoms with E-state index in [2.05, 4.69) is 5.32 Å². The Morgan fingerprint density at radius 2 is 1.76 bits per heavy atom. The molecule has 2 amide bonds. The Bertz CT molecular complexity index is 460. The second-order valence-corrected chi connectivity index (χ2v) is 8.07. The Morgan fingerprint density at radius 3 is 2.40 bits per heavy atom. The first-order valence-corrected chi connectivity index (χ1v) is 9.95. The zero-order valence-corrected chi connectivity index (χ0v) is 16.2. The molecule has 2 aliphatic carbocycles. The Kier molecular flexibility index (Phi) is 7.56. The van der Waals surface area contributed by atoms with Crippen molar-refractivity contribution in [2.45, 2.75) is 89.3 Å². The summed E-state index contributed by atoms with van der Waals surface area (Å²) >= 11 is 0. The number of hydrogen-bond donors (Lipinski definition) is 2. The predicted molar refractivity (Wildman–Crippen MR) is 101 cm³/mol. The van der Waals surface area contributed by atoms with Gasteiger partial charge in [-0.1, -0.05) is 13.3 Å². The monoisotopic (exact) mass is 371 g/mol. The number of nitrogens with two attached hydrogens (primary N) is 1. The van der Waals surface area contributed by atoms with Gasteiger partial charge in [-0.15, -0.1) is 12.4 Å². The summed E-state index contributed by atoms with van der Waals surface area (Å²) in [6.07, 6.45) is 9.94. The molecule has 2 bridgehead atoms. The lowest BCUT2D eigenvalue weighted by Crippen LogP contribution is -2.59. The van der Waals surface area contributed by atoms with E-state index in [1.54, 1.807) is 0 Å². The summed E-state index contributed by atoms with van der Waals surface area (Å²) < 4.78 is 0. The molecule has 3 aliphatic rings. The number of fused-ring (bicyclic) bond motifs is 2. The zero-order valence-electron chi connectivity index (χ0n) is 15.4. The van der Waals surface area contributed by atoms with Crippen LogP contribution < -0.4 is 11.1 Å². The summed E-state index contributed by atoms with van der Waals surface area (Å²) in [5.74, 6) is 1.28. The Balaban J connectivity index is 0.00000225. The highest BCUT2D eigenvalue weighted by Gasteiger charge is 2.41. The van der Waals surface area contributed by atoms with Crippen LogP contribution in [0, 0.1) is 11.8 Å². The summed E-state index contributed by atoms with van der Waals surface area (Å²) in [4.78, 5) is 27.2. The molecule has 3 rings (SSSR count). The number of halogens is 1. The van der Waals surface area contributed by atoms with Crippen molar-refractivity contribution in [3.63, 3.8) is 0 Å². The second-order valence-electron chi connectivity index (χ2n) is 8.07. The van der Waals surface area contributed by atoms with Gasteiger partial charge in [0.1, 0.15) is 6.04 Å². The van der Waals surface area contributed by atoms with Crippen molar-refractivity contribution >= 4 is 24.2 Å². The fourth-order valence-electron chi connectivity index (χ4n) is 5.15. The van der Waals surface area contributed by atoms with E-state index in [4.69, 9.17) is 5.73 Å². The summed E-state index contributed by atoms with van der Waals surface area (Å²) in [5.41, 5.74) is 6.19. The molecule has 1 heterocycles. The van der Waals surface area contributed by atoms with Crippen LogP contribution in [0.25, 0.3) is 0 Å². The van der Waals surface area contributed by atoms with Crippen LogP contribution in [0.15, 0.2) is 0 Å². The van der Waals surface area contributed by atoms with Gasteiger partial charge in [0, 0.05) is 25.0 Å². The lowest BCUT2D eigenvalue weighted by Gasteiger charge is -2.46. The predicted octanol–water partition coefficient (Wildman–Crippen LogP) is 2.61. The van der Waals surface area contributed by atoms with Crippen molar-refractivity contribution in [3.8, 4) is 0 Å². The van der Waals surface area contributed by atoms with Crippen LogP contribution in [0.4, 0.5) is 0 Å². The average Bonchev–Trinajstić information content (AvgIpc) is 2.56. The SMILES string of the molecule is CCCC(=O)N1CCCCC1C(=O)NC1C2CCCC1CC(N)C2.Cl. The summed E-state index contributed by atoms with van der Waals surface area (Å²) in [5, 5.41) is 3.35. The minimum Gasteiger partial charge on any atom is -0.351 e. The highest BCUT2D eigenvalue weighted by atomic mass is 35.5. The van der Waals surface area contributed by atoms with E-state index in [0.29, 0.717) is 24.3 Å². The molecular formula is C19H34ClN3O2. The van der Waals surface area contributed by atoms with Gasteiger partial charge in [-0.25, -0.2) is 0 Å². The maximum Gasteiger partial charge on any atom is 0.243 e. The van der Waals surface area contributed by atoms with Crippen molar-refractivity contribution in [2.75, 3.05) is 6.54 Å². The van der Waals surface area contributed by atoms with Gasteiger partial charge in [-0.2, -0.15) is 0 Å². The smallest absolute Gasteiger partial charge is 0.243 e. The third-order valence-corrected chi connectivity index (χ3v) is 6.28. The summed E-state index contributed by atoms with van der Waals surface area (Å²) in [6.45, 7) is 2.75. The van der Waals surface area contributed by atoms with Crippen molar-refractivity contribution in [2.24, 2.45) is 17.6 Å². The van der Waals surface area contributed by atoms with Crippen molar-refractivity contribution in [1.29, 1.82) is 0 Å². The molecule has 25 heavy (non-hydrogen) atoms. The van der Waals surface area contributed by atoms with Gasteiger partial charge in [0.05, 0.1) is 0 Å². The molecule has 3 N–H and O–H groups in total. The quantitative estimate of drug-likeness (QED) is 0.797. The number of carbonyl (C=O) groups is 2. The third kappa shape index (κ3) is 4.68. The molecule has 0 aromatic carbocycles. The van der Waals surface area contributed by atoms with Gasteiger partial charge in [-0.3, -0.25) is 9.59 Å². The summed E-state index contributed by atoms with van der Waals surface area (Å²) in [6, 6.07) is 0.316. The zero-order chi connectivity index (χ0) is 17.1. The van der Waals surface area contributed by atoms with Crippen LogP contribution in [0.3, 0.4) is 0 Å². The molecule has 0 radical (unpaired) electrons. The number of carbonyl (C=O) groups excluding carboxylic acids is 2. The standard InChI is InChI=1S/C19H33N3O2.ClH/c1-2-6-17(23)22-10-4-3-9-16(22)19(24)21-18-13-7-5-8-14(18)12-15(20)11-13;/h13-16,18H,2-12,20H2,1H3,(H,21,24);1H. The molecule has 0 aromatic rings. The minimum atomic E-state index is -0.255. The van der Waals surface area contributed by atoms with E-state index in [-0.39, 0.29) is 36.3 Å². The molecular weight excluding hydrogens is 338 g/mol. The highest BCUT2D eigenvalue weighted by molar-refractivity contribution is 5.88. The molecule has 2 saturated carbocycles. The topological polar surface area (TPSA) is 75.4 Å². The third-order valence-electron chi connectivity index (χ3n) is 6.28. The van der Waals surface area contributed by atoms with Crippen LogP contribution >= 0.6 is 12.4 Å². The van der Waals surface area contributed by atoms with E-state index in [1.165, 1.54) is 19.3 Å². The maximum absolute atomic E-state index is 13.0. The fourth-order valence-corrected chi connectivity index (χ4v) is 5.15. The van der Waals surface area contributed by atoms with Crippen LogP contribution in [0.5, 0.6) is 0 Å². The van der Waals surface area contributed by atoms with Crippen LogP contribution in [-0.2, 0) is 9.59 Å². The summed E-state index contributed by atoms with van der Waals surface area (Å²) in [7, 11) is 0. The molecule has 3 fully saturated rings. The van der Waals surface area contributed by atoms with Crippen molar-refractivity contribution < 1.29 is 9.59 Å². The van der Waals surface area contributed by atoms with Gasteiger partial charge in [0.25, 0.3) is 0 Å². The fraction of sp³-hybridized carbons (Fsp3) is 0.895. The molecule has 5 nitrogen and oxygen atoms in total. The van der Waals surface area contributed by atoms with Gasteiger partial charge >= 0.3 is 0 Å². The molecule has 3 atom stereocenters. The average molecular weight is 372 g/mol. The van der Waals surface area contributed by atoms with Crippen LogP contribution in [-0.4, -0.2) is 41.4 Å². The van der Waals surface area contributed by atoms with Gasteiger partial charge in [0.15, 0.2) is 0 Å². The lowest BCUT2D eigenvalue weighted by molar-refractivity contribution is -0.143. The number of amides is 2. The Hall–Kier alpha value is -0.810. The Labute approximate surface area is 157 Å². The minimum absolute atomic E-state index is 0. The van der Waals surface area contributed by atoms with Gasteiger partial charge < -0.3 is 16.0 Å². The number of nitrogens with zero attached hydrogens (tertiary/aromatic N) is 1. The van der Waals surface area contributed by atoms with E-state index in [9.17, 15) is 9.59 Å². The molecule has 3 unspecified atom stereocenters. The number of rotatable bonds is 4. The number of nitrogens with one attached hydrogen (secondary N) is 1. The van der Waals surface area contributed by atoms with E-state index >= 15 is 0 Å². The first-order valence-electron chi connectivity index (χ1n) is 9.95. The number of piperidine rings is 1. The van der Waals surface area contributed by atoms with Crippen molar-refractivity contribution in [3.05, 3.63) is 0 Å². The molecule has 0 spiro atoms.